The van der Waals surface area contributed by atoms with E-state index in [2.05, 4.69) is 9.47 Å². The lowest BCUT2D eigenvalue weighted by Gasteiger charge is -2.28. The van der Waals surface area contributed by atoms with Gasteiger partial charge < -0.3 is 19.3 Å². The summed E-state index contributed by atoms with van der Waals surface area (Å²) in [4.78, 5) is 44.4. The summed E-state index contributed by atoms with van der Waals surface area (Å²) in [6.07, 6.45) is -4.91. The van der Waals surface area contributed by atoms with Gasteiger partial charge in [0.25, 0.3) is 0 Å². The highest BCUT2D eigenvalue weighted by molar-refractivity contribution is 5.72. The Morgan fingerprint density at radius 2 is 1.63 bits per heavy atom. The highest BCUT2D eigenvalue weighted by Gasteiger charge is 2.36. The maximum Gasteiger partial charge on any atom is 0.303 e. The normalized spacial score (nSPS) is 16.8. The third kappa shape index (κ3) is 6.51. The summed E-state index contributed by atoms with van der Waals surface area (Å²) in [5, 5.41) is 9.19. The number of hydrogen-bond acceptors (Lipinski definition) is 8. The summed E-state index contributed by atoms with van der Waals surface area (Å²) < 4.78 is 34.4. The zero-order valence-electron chi connectivity index (χ0n) is 12.9. The maximum absolute atomic E-state index is 11.2. The van der Waals surface area contributed by atoms with Crippen LogP contribution in [0.2, 0.25) is 0 Å². The molecule has 1 N–H and O–H groups in total. The second-order valence-corrected chi connectivity index (χ2v) is 3.26. The fourth-order valence-electron chi connectivity index (χ4n) is 1.21. The topological polar surface area (TPSA) is 116 Å². The number of hydrogen-bond donors (Lipinski definition) is 1. The number of carbonyl (C=O) groups is 4. The SMILES string of the molecule is [2H]CC(=O)O[C@@H]([C@@H](C=O)OC(=O)C[2H])[C@@H](CO)OC(=O)C[2H]. The minimum absolute atomic E-state index is 0.0760. The molecule has 0 bridgehead atoms. The summed E-state index contributed by atoms with van der Waals surface area (Å²) in [5.74, 6) is -3.28. The van der Waals surface area contributed by atoms with Gasteiger partial charge in [-0.1, -0.05) is 0 Å². The molecule has 0 aromatic carbocycles. The van der Waals surface area contributed by atoms with E-state index < -0.39 is 63.5 Å². The second kappa shape index (κ2) is 8.20. The van der Waals surface area contributed by atoms with E-state index in [1.807, 2.05) is 0 Å². The molecule has 3 atom stereocenters. The lowest BCUT2D eigenvalue weighted by molar-refractivity contribution is -0.185. The van der Waals surface area contributed by atoms with Crippen LogP contribution in [0.5, 0.6) is 0 Å². The summed E-state index contributed by atoms with van der Waals surface area (Å²) in [5.41, 5.74) is 0. The molecule has 0 spiro atoms. The van der Waals surface area contributed by atoms with Crippen molar-refractivity contribution in [3.63, 3.8) is 0 Å². The van der Waals surface area contributed by atoms with Gasteiger partial charge in [-0.15, -0.1) is 0 Å². The van der Waals surface area contributed by atoms with Gasteiger partial charge in [0, 0.05) is 24.8 Å². The summed E-state index contributed by atoms with van der Waals surface area (Å²) in [6, 6.07) is 0. The molecule has 0 aliphatic heterocycles. The first-order valence-corrected chi connectivity index (χ1v) is 4.95. The van der Waals surface area contributed by atoms with Crippen LogP contribution in [0, 0.1) is 0 Å². The van der Waals surface area contributed by atoms with Crippen LogP contribution in [0.4, 0.5) is 0 Å². The molecule has 0 aliphatic carbocycles. The molecular weight excluding hydrogens is 260 g/mol. The smallest absolute Gasteiger partial charge is 0.303 e. The number of aliphatic hydroxyl groups is 1. The van der Waals surface area contributed by atoms with E-state index in [1.54, 1.807) is 0 Å². The minimum Gasteiger partial charge on any atom is -0.456 e. The van der Waals surface area contributed by atoms with E-state index in [4.69, 9.17) is 8.85 Å². The number of esters is 3. The summed E-state index contributed by atoms with van der Waals surface area (Å²) in [7, 11) is 0. The quantitative estimate of drug-likeness (QED) is 0.357. The Morgan fingerprint density at radius 3 is 2.11 bits per heavy atom. The van der Waals surface area contributed by atoms with Gasteiger partial charge in [0.05, 0.1) is 6.61 Å². The third-order valence-corrected chi connectivity index (χ3v) is 1.82. The molecule has 0 aromatic rings. The number of carbonyl (C=O) groups excluding carboxylic acids is 4. The van der Waals surface area contributed by atoms with Crippen LogP contribution >= 0.6 is 0 Å². The molecule has 8 nitrogen and oxygen atoms in total. The Bertz CT molecular complexity index is 403. The van der Waals surface area contributed by atoms with E-state index in [1.165, 1.54) is 0 Å². The molecule has 0 radical (unpaired) electrons. The predicted molar refractivity (Wildman–Crippen MR) is 59.8 cm³/mol. The first kappa shape index (κ1) is 12.1. The first-order chi connectivity index (χ1) is 10.4. The lowest BCUT2D eigenvalue weighted by atomic mass is 10.1. The van der Waals surface area contributed by atoms with Gasteiger partial charge in [-0.3, -0.25) is 19.2 Å². The molecule has 8 heteroatoms. The molecule has 0 amide bonds. The van der Waals surface area contributed by atoms with E-state index >= 15 is 0 Å². The zero-order chi connectivity index (χ0) is 17.1. The van der Waals surface area contributed by atoms with Crippen LogP contribution in [-0.4, -0.2) is 54.2 Å². The van der Waals surface area contributed by atoms with Gasteiger partial charge in [-0.05, 0) is 0 Å². The molecule has 0 rings (SSSR count). The first-order valence-electron chi connectivity index (χ1n) is 7.07. The number of aliphatic hydroxyl groups excluding tert-OH is 1. The number of ether oxygens (including phenoxy) is 3. The molecule has 0 saturated heterocycles. The molecule has 0 aliphatic rings. The van der Waals surface area contributed by atoms with Crippen molar-refractivity contribution >= 4 is 24.2 Å². The highest BCUT2D eigenvalue weighted by Crippen LogP contribution is 2.12. The van der Waals surface area contributed by atoms with E-state index in [9.17, 15) is 24.3 Å². The van der Waals surface area contributed by atoms with Crippen LogP contribution in [0.1, 0.15) is 24.8 Å². The van der Waals surface area contributed by atoms with Crippen molar-refractivity contribution in [3.8, 4) is 0 Å². The average molecular weight is 279 g/mol. The molecule has 19 heavy (non-hydrogen) atoms. The standard InChI is InChI=1S/C11H16O8/c1-6(14)17-9(4-12)11(19-8(3)16)10(5-13)18-7(2)15/h4,9-11,13H,5H2,1-3H3/t9-,10-,11+/m1/s1/i1D,2D,3D. The van der Waals surface area contributed by atoms with E-state index in [0.29, 0.717) is 0 Å². The summed E-state index contributed by atoms with van der Waals surface area (Å²) >= 11 is 0. The zero-order valence-corrected chi connectivity index (χ0v) is 9.94. The molecule has 0 heterocycles. The van der Waals surface area contributed by atoms with Gasteiger partial charge in [0.1, 0.15) is 0 Å². The molecule has 0 fully saturated rings. The van der Waals surface area contributed by atoms with Crippen molar-refractivity contribution in [1.82, 2.24) is 0 Å². The molecule has 0 unspecified atom stereocenters. The fourth-order valence-corrected chi connectivity index (χ4v) is 1.21. The highest BCUT2D eigenvalue weighted by atomic mass is 16.6. The van der Waals surface area contributed by atoms with E-state index in [0.717, 1.165) is 0 Å². The van der Waals surface area contributed by atoms with E-state index in [-0.39, 0.29) is 6.29 Å². The monoisotopic (exact) mass is 279 g/mol. The van der Waals surface area contributed by atoms with Crippen molar-refractivity contribution < 1.29 is 42.6 Å². The van der Waals surface area contributed by atoms with Crippen molar-refractivity contribution in [2.45, 2.75) is 39.0 Å². The minimum atomic E-state index is -1.73. The van der Waals surface area contributed by atoms with Crippen LogP contribution in [0.25, 0.3) is 0 Å². The van der Waals surface area contributed by atoms with Crippen molar-refractivity contribution in [1.29, 1.82) is 0 Å². The maximum atomic E-state index is 11.2. The van der Waals surface area contributed by atoms with Crippen molar-refractivity contribution in [2.75, 3.05) is 6.61 Å². The van der Waals surface area contributed by atoms with Gasteiger partial charge in [-0.2, -0.15) is 0 Å². The van der Waals surface area contributed by atoms with Crippen LogP contribution < -0.4 is 0 Å². The Balaban J connectivity index is 5.27. The Labute approximate surface area is 113 Å². The fraction of sp³-hybridized carbons (Fsp3) is 0.636. The van der Waals surface area contributed by atoms with Crippen LogP contribution in [-0.2, 0) is 33.4 Å². The largest absolute Gasteiger partial charge is 0.456 e. The van der Waals surface area contributed by atoms with Crippen LogP contribution in [0.15, 0.2) is 0 Å². The Morgan fingerprint density at radius 1 is 1.11 bits per heavy atom. The molecule has 108 valence electrons. The van der Waals surface area contributed by atoms with Gasteiger partial charge in [0.2, 0.25) is 0 Å². The third-order valence-electron chi connectivity index (χ3n) is 1.82. The Kier molecular flexibility index (Phi) is 5.22. The molecule has 0 saturated carbocycles. The second-order valence-electron chi connectivity index (χ2n) is 3.26. The van der Waals surface area contributed by atoms with Gasteiger partial charge >= 0.3 is 17.9 Å². The van der Waals surface area contributed by atoms with Crippen molar-refractivity contribution in [3.05, 3.63) is 0 Å². The average Bonchev–Trinajstić information content (AvgIpc) is 2.54. The Hall–Kier alpha value is -1.96. The number of rotatable bonds is 7. The number of aldehydes is 1. The molecular formula is C11H16O8. The lowest BCUT2D eigenvalue weighted by Crippen LogP contribution is -2.47. The van der Waals surface area contributed by atoms with Crippen LogP contribution in [0.3, 0.4) is 0 Å². The van der Waals surface area contributed by atoms with Crippen molar-refractivity contribution in [2.24, 2.45) is 0 Å². The predicted octanol–water partition coefficient (Wildman–Crippen LogP) is -1.03. The van der Waals surface area contributed by atoms with Gasteiger partial charge in [-0.25, -0.2) is 0 Å². The summed E-state index contributed by atoms with van der Waals surface area (Å²) in [6.45, 7) is -3.29. The van der Waals surface area contributed by atoms with Gasteiger partial charge in [0.15, 0.2) is 24.6 Å². The molecule has 0 aromatic heterocycles.